The van der Waals surface area contributed by atoms with Crippen LogP contribution in [0, 0.1) is 0 Å². The average Bonchev–Trinajstić information content (AvgIpc) is 2.47. The van der Waals surface area contributed by atoms with Crippen LogP contribution in [-0.4, -0.2) is 22.8 Å². The van der Waals surface area contributed by atoms with Gasteiger partial charge in [0.25, 0.3) is 0 Å². The number of para-hydroxylation sites is 1. The monoisotopic (exact) mass is 269 g/mol. The van der Waals surface area contributed by atoms with E-state index in [2.05, 4.69) is 4.98 Å². The number of amides is 1. The summed E-state index contributed by atoms with van der Waals surface area (Å²) in [4.78, 5) is 17.9. The van der Waals surface area contributed by atoms with Crippen molar-refractivity contribution in [3.63, 3.8) is 0 Å². The van der Waals surface area contributed by atoms with E-state index in [0.29, 0.717) is 19.4 Å². The van der Waals surface area contributed by atoms with Crippen LogP contribution in [0.5, 0.6) is 0 Å². The summed E-state index contributed by atoms with van der Waals surface area (Å²) in [7, 11) is 1.81. The van der Waals surface area contributed by atoms with Gasteiger partial charge in [0, 0.05) is 38.1 Å². The van der Waals surface area contributed by atoms with E-state index in [1.54, 1.807) is 17.3 Å². The van der Waals surface area contributed by atoms with Crippen LogP contribution in [0.4, 0.5) is 5.69 Å². The molecule has 4 heteroatoms. The molecule has 0 bridgehead atoms. The summed E-state index contributed by atoms with van der Waals surface area (Å²) in [5.41, 5.74) is 8.67. The predicted molar refractivity (Wildman–Crippen MR) is 79.9 cm³/mol. The van der Waals surface area contributed by atoms with Gasteiger partial charge in [0.05, 0.1) is 0 Å². The van der Waals surface area contributed by atoms with Crippen molar-refractivity contribution in [1.82, 2.24) is 9.88 Å². The largest absolute Gasteiger partial charge is 0.399 e. The Morgan fingerprint density at radius 1 is 1.25 bits per heavy atom. The number of aryl methyl sites for hydroxylation is 1. The van der Waals surface area contributed by atoms with Crippen LogP contribution in [0.15, 0.2) is 48.8 Å². The lowest BCUT2D eigenvalue weighted by atomic mass is 10.1. The number of pyridine rings is 1. The molecule has 1 amide bonds. The highest BCUT2D eigenvalue weighted by Gasteiger charge is 2.10. The molecule has 0 aliphatic heterocycles. The zero-order chi connectivity index (χ0) is 14.4. The minimum absolute atomic E-state index is 0.108. The van der Waals surface area contributed by atoms with Gasteiger partial charge >= 0.3 is 0 Å². The van der Waals surface area contributed by atoms with E-state index in [4.69, 9.17) is 5.73 Å². The van der Waals surface area contributed by atoms with Crippen molar-refractivity contribution in [1.29, 1.82) is 0 Å². The zero-order valence-electron chi connectivity index (χ0n) is 11.6. The Hall–Kier alpha value is -2.36. The summed E-state index contributed by atoms with van der Waals surface area (Å²) >= 11 is 0. The van der Waals surface area contributed by atoms with E-state index in [-0.39, 0.29) is 5.91 Å². The number of hydrogen-bond acceptors (Lipinski definition) is 3. The molecule has 0 saturated heterocycles. The number of carbonyl (C=O) groups is 1. The van der Waals surface area contributed by atoms with Crippen molar-refractivity contribution < 1.29 is 4.79 Å². The zero-order valence-corrected chi connectivity index (χ0v) is 11.6. The van der Waals surface area contributed by atoms with Crippen LogP contribution in [0.3, 0.4) is 0 Å². The van der Waals surface area contributed by atoms with Crippen molar-refractivity contribution >= 4 is 11.6 Å². The first-order valence-corrected chi connectivity index (χ1v) is 6.63. The van der Waals surface area contributed by atoms with Gasteiger partial charge in [0.1, 0.15) is 0 Å². The van der Waals surface area contributed by atoms with Gasteiger partial charge < -0.3 is 10.6 Å². The molecule has 2 aromatic rings. The van der Waals surface area contributed by atoms with E-state index in [1.165, 1.54) is 0 Å². The molecule has 1 aromatic heterocycles. The van der Waals surface area contributed by atoms with Crippen LogP contribution < -0.4 is 5.73 Å². The number of benzene rings is 1. The van der Waals surface area contributed by atoms with Crippen molar-refractivity contribution in [2.45, 2.75) is 19.4 Å². The Morgan fingerprint density at radius 3 is 2.75 bits per heavy atom. The van der Waals surface area contributed by atoms with Crippen molar-refractivity contribution in [2.24, 2.45) is 0 Å². The van der Waals surface area contributed by atoms with Gasteiger partial charge in [0.2, 0.25) is 5.91 Å². The number of aromatic nitrogens is 1. The van der Waals surface area contributed by atoms with Crippen LogP contribution in [0.2, 0.25) is 0 Å². The van der Waals surface area contributed by atoms with Crippen LogP contribution in [-0.2, 0) is 17.8 Å². The Balaban J connectivity index is 1.87. The lowest BCUT2D eigenvalue weighted by molar-refractivity contribution is -0.130. The molecule has 20 heavy (non-hydrogen) atoms. The first kappa shape index (κ1) is 14.1. The molecule has 0 aliphatic carbocycles. The summed E-state index contributed by atoms with van der Waals surface area (Å²) < 4.78 is 0. The molecule has 104 valence electrons. The molecule has 0 atom stereocenters. The lowest BCUT2D eigenvalue weighted by Gasteiger charge is -2.17. The second-order valence-corrected chi connectivity index (χ2v) is 4.81. The quantitative estimate of drug-likeness (QED) is 0.847. The summed E-state index contributed by atoms with van der Waals surface area (Å²) in [6, 6.07) is 11.5. The summed E-state index contributed by atoms with van der Waals surface area (Å²) in [5, 5.41) is 0. The third-order valence-corrected chi connectivity index (χ3v) is 3.23. The number of nitrogens with zero attached hydrogens (tertiary/aromatic N) is 2. The number of nitrogen functional groups attached to an aromatic ring is 1. The second-order valence-electron chi connectivity index (χ2n) is 4.81. The van der Waals surface area contributed by atoms with Crippen molar-refractivity contribution in [3.8, 4) is 0 Å². The highest BCUT2D eigenvalue weighted by atomic mass is 16.2. The summed E-state index contributed by atoms with van der Waals surface area (Å²) in [6.07, 6.45) is 4.64. The normalized spacial score (nSPS) is 10.2. The molecule has 4 nitrogen and oxygen atoms in total. The molecule has 0 aliphatic rings. The molecule has 2 rings (SSSR count). The molecule has 0 saturated carbocycles. The van der Waals surface area contributed by atoms with Crippen LogP contribution in [0.1, 0.15) is 17.5 Å². The number of anilines is 1. The fourth-order valence-corrected chi connectivity index (χ4v) is 2.05. The Morgan fingerprint density at radius 2 is 2.05 bits per heavy atom. The van der Waals surface area contributed by atoms with E-state index in [9.17, 15) is 4.79 Å². The summed E-state index contributed by atoms with van der Waals surface area (Å²) in [5.74, 6) is 0.108. The Bertz CT molecular complexity index is 569. The first-order valence-electron chi connectivity index (χ1n) is 6.63. The molecular formula is C16H19N3O. The molecular weight excluding hydrogens is 250 g/mol. The van der Waals surface area contributed by atoms with E-state index < -0.39 is 0 Å². The maximum Gasteiger partial charge on any atom is 0.222 e. The lowest BCUT2D eigenvalue weighted by Crippen LogP contribution is -2.26. The molecule has 1 aromatic carbocycles. The van der Waals surface area contributed by atoms with Crippen molar-refractivity contribution in [3.05, 3.63) is 59.9 Å². The number of carbonyl (C=O) groups excluding carboxylic acids is 1. The fraction of sp³-hybridized carbons (Fsp3) is 0.250. The molecule has 0 spiro atoms. The standard InChI is InChI=1S/C16H19N3O/c1-19(12-13-5-4-10-18-11-13)16(20)9-8-14-6-2-3-7-15(14)17/h2-7,10-11H,8-9,12,17H2,1H3. The topological polar surface area (TPSA) is 59.2 Å². The van der Waals surface area contributed by atoms with Gasteiger partial charge in [-0.25, -0.2) is 0 Å². The molecule has 1 heterocycles. The highest BCUT2D eigenvalue weighted by Crippen LogP contribution is 2.13. The SMILES string of the molecule is CN(Cc1cccnc1)C(=O)CCc1ccccc1N. The van der Waals surface area contributed by atoms with Gasteiger partial charge in [-0.05, 0) is 29.7 Å². The van der Waals surface area contributed by atoms with Crippen molar-refractivity contribution in [2.75, 3.05) is 12.8 Å². The highest BCUT2D eigenvalue weighted by molar-refractivity contribution is 5.76. The third-order valence-electron chi connectivity index (χ3n) is 3.23. The van der Waals surface area contributed by atoms with Crippen LogP contribution in [0.25, 0.3) is 0 Å². The van der Waals surface area contributed by atoms with Crippen LogP contribution >= 0.6 is 0 Å². The van der Waals surface area contributed by atoms with Gasteiger partial charge in [-0.15, -0.1) is 0 Å². The van der Waals surface area contributed by atoms with Gasteiger partial charge in [-0.1, -0.05) is 24.3 Å². The first-order chi connectivity index (χ1) is 9.66. The molecule has 0 unspecified atom stereocenters. The summed E-state index contributed by atoms with van der Waals surface area (Å²) in [6.45, 7) is 0.580. The smallest absolute Gasteiger partial charge is 0.222 e. The molecule has 0 radical (unpaired) electrons. The minimum Gasteiger partial charge on any atom is -0.399 e. The van der Waals surface area contributed by atoms with E-state index >= 15 is 0 Å². The number of nitrogens with two attached hydrogens (primary N) is 1. The number of hydrogen-bond donors (Lipinski definition) is 1. The molecule has 2 N–H and O–H groups in total. The van der Waals surface area contributed by atoms with Gasteiger partial charge in [0.15, 0.2) is 0 Å². The maximum absolute atomic E-state index is 12.1. The maximum atomic E-state index is 12.1. The average molecular weight is 269 g/mol. The van der Waals surface area contributed by atoms with E-state index in [0.717, 1.165) is 16.8 Å². The molecule has 0 fully saturated rings. The fourth-order valence-electron chi connectivity index (χ4n) is 2.05. The third kappa shape index (κ3) is 3.82. The van der Waals surface area contributed by atoms with Gasteiger partial charge in [-0.3, -0.25) is 9.78 Å². The predicted octanol–water partition coefficient (Wildman–Crippen LogP) is 2.25. The Kier molecular flexibility index (Phi) is 4.71. The second kappa shape index (κ2) is 6.70. The van der Waals surface area contributed by atoms with E-state index in [1.807, 2.05) is 43.4 Å². The Labute approximate surface area is 119 Å². The minimum atomic E-state index is 0.108. The van der Waals surface area contributed by atoms with Gasteiger partial charge in [-0.2, -0.15) is 0 Å². The number of rotatable bonds is 5.